The average Bonchev–Trinajstić information content (AvgIpc) is 2.62. The highest BCUT2D eigenvalue weighted by Gasteiger charge is 2.26. The van der Waals surface area contributed by atoms with Gasteiger partial charge in [0.2, 0.25) is 5.91 Å². The highest BCUT2D eigenvalue weighted by atomic mass is 32.2. The first kappa shape index (κ1) is 21.5. The first-order valence-electron chi connectivity index (χ1n) is 9.70. The van der Waals surface area contributed by atoms with E-state index in [1.54, 1.807) is 0 Å². The van der Waals surface area contributed by atoms with Crippen molar-refractivity contribution >= 4 is 28.8 Å². The fourth-order valence-electron chi connectivity index (χ4n) is 3.45. The van der Waals surface area contributed by atoms with Gasteiger partial charge in [-0.1, -0.05) is 61.7 Å². The molecule has 1 heterocycles. The topological polar surface area (TPSA) is 83.5 Å². The fourth-order valence-corrected chi connectivity index (χ4v) is 4.21. The maximum Gasteiger partial charge on any atom is 0.326 e. The standard InChI is InChI=1S/C21H29NO4S/c1-15(23)27-14-18-12-6-4-2-3-5-9-16-10-7-8-11-17(16)13-19(21(25)26)22-20(18)24/h7-8,10-11,18-19H,2-6,9,12-14H2,1H3,(H,22,24)(H,25,26). The molecule has 0 aromatic heterocycles. The summed E-state index contributed by atoms with van der Waals surface area (Å²) >= 11 is 1.14. The Labute approximate surface area is 165 Å². The number of fused-ring (bicyclic) bond motifs is 1. The molecule has 0 fully saturated rings. The number of nitrogens with one attached hydrogen (secondary N) is 1. The van der Waals surface area contributed by atoms with Crippen LogP contribution in [0.1, 0.15) is 56.6 Å². The van der Waals surface area contributed by atoms with Gasteiger partial charge in [0.05, 0.1) is 0 Å². The van der Waals surface area contributed by atoms with Crippen LogP contribution in [0.4, 0.5) is 0 Å². The van der Waals surface area contributed by atoms with E-state index in [-0.39, 0.29) is 23.4 Å². The molecule has 1 amide bonds. The summed E-state index contributed by atoms with van der Waals surface area (Å²) in [4.78, 5) is 35.8. The van der Waals surface area contributed by atoms with E-state index in [9.17, 15) is 19.5 Å². The molecule has 2 N–H and O–H groups in total. The van der Waals surface area contributed by atoms with E-state index in [4.69, 9.17) is 0 Å². The molecule has 6 heteroatoms. The van der Waals surface area contributed by atoms with Crippen molar-refractivity contribution in [3.05, 3.63) is 35.4 Å². The molecule has 148 valence electrons. The van der Waals surface area contributed by atoms with Gasteiger partial charge in [-0.2, -0.15) is 0 Å². The maximum absolute atomic E-state index is 12.7. The predicted octanol–water partition coefficient (Wildman–Crippen LogP) is 3.59. The first-order valence-corrected chi connectivity index (χ1v) is 10.7. The van der Waals surface area contributed by atoms with E-state index >= 15 is 0 Å². The van der Waals surface area contributed by atoms with Crippen LogP contribution in [-0.4, -0.2) is 33.9 Å². The van der Waals surface area contributed by atoms with Crippen molar-refractivity contribution < 1.29 is 19.5 Å². The lowest BCUT2D eigenvalue weighted by Gasteiger charge is -2.21. The van der Waals surface area contributed by atoms with Gasteiger partial charge in [0.1, 0.15) is 6.04 Å². The van der Waals surface area contributed by atoms with Gasteiger partial charge in [-0.3, -0.25) is 9.59 Å². The van der Waals surface area contributed by atoms with Gasteiger partial charge in [-0.15, -0.1) is 0 Å². The fraction of sp³-hybridized carbons (Fsp3) is 0.571. The minimum atomic E-state index is -1.02. The largest absolute Gasteiger partial charge is 0.480 e. The number of carbonyl (C=O) groups excluding carboxylic acids is 2. The number of aryl methyl sites for hydroxylation is 1. The van der Waals surface area contributed by atoms with E-state index in [1.807, 2.05) is 24.3 Å². The van der Waals surface area contributed by atoms with Crippen molar-refractivity contribution in [2.24, 2.45) is 5.92 Å². The number of hydrogen-bond acceptors (Lipinski definition) is 4. The van der Waals surface area contributed by atoms with Crippen LogP contribution < -0.4 is 5.32 Å². The molecule has 2 rings (SSSR count). The van der Waals surface area contributed by atoms with Gasteiger partial charge in [0.25, 0.3) is 0 Å². The summed E-state index contributed by atoms with van der Waals surface area (Å²) in [5, 5.41) is 12.3. The monoisotopic (exact) mass is 391 g/mol. The Bertz CT molecular complexity index is 661. The number of carboxylic acid groups (broad SMARTS) is 1. The number of rotatable bonds is 3. The minimum Gasteiger partial charge on any atom is -0.480 e. The summed E-state index contributed by atoms with van der Waals surface area (Å²) in [5.74, 6) is -1.21. The SMILES string of the molecule is CC(=O)SCC1CCCCCCCc2ccccc2CC(C(=O)O)NC1=O. The molecule has 0 bridgehead atoms. The molecule has 2 unspecified atom stereocenters. The van der Waals surface area contributed by atoms with Gasteiger partial charge in [-0.25, -0.2) is 4.79 Å². The zero-order chi connectivity index (χ0) is 19.6. The quantitative estimate of drug-likeness (QED) is 0.823. The number of hydrogen-bond donors (Lipinski definition) is 2. The lowest BCUT2D eigenvalue weighted by atomic mass is 9.94. The molecule has 0 radical (unpaired) electrons. The molecule has 5 nitrogen and oxygen atoms in total. The third-order valence-corrected chi connectivity index (χ3v) is 5.99. The summed E-state index contributed by atoms with van der Waals surface area (Å²) < 4.78 is 0. The van der Waals surface area contributed by atoms with Crippen molar-refractivity contribution in [3.63, 3.8) is 0 Å². The van der Waals surface area contributed by atoms with Gasteiger partial charge < -0.3 is 10.4 Å². The Kier molecular flexibility index (Phi) is 8.85. The Balaban J connectivity index is 2.19. The molecule has 0 aliphatic carbocycles. The normalized spacial score (nSPS) is 22.2. The lowest BCUT2D eigenvalue weighted by molar-refractivity contribution is -0.142. The van der Waals surface area contributed by atoms with Crippen molar-refractivity contribution in [3.8, 4) is 0 Å². The van der Waals surface area contributed by atoms with Gasteiger partial charge in [0.15, 0.2) is 5.12 Å². The van der Waals surface area contributed by atoms with Crippen molar-refractivity contribution in [2.75, 3.05) is 5.75 Å². The van der Waals surface area contributed by atoms with Crippen molar-refractivity contribution in [1.82, 2.24) is 5.32 Å². The van der Waals surface area contributed by atoms with E-state index in [2.05, 4.69) is 5.32 Å². The van der Waals surface area contributed by atoms with Gasteiger partial charge in [0, 0.05) is 25.0 Å². The van der Waals surface area contributed by atoms with Crippen LogP contribution in [0, 0.1) is 5.92 Å². The number of amides is 1. The molecule has 0 saturated carbocycles. The van der Waals surface area contributed by atoms with Crippen LogP contribution in [0.15, 0.2) is 24.3 Å². The Morgan fingerprint density at radius 3 is 2.48 bits per heavy atom. The van der Waals surface area contributed by atoms with Gasteiger partial charge >= 0.3 is 5.97 Å². The molecule has 1 aliphatic rings. The zero-order valence-electron chi connectivity index (χ0n) is 15.9. The molecule has 0 spiro atoms. The first-order chi connectivity index (χ1) is 13.0. The van der Waals surface area contributed by atoms with E-state index < -0.39 is 12.0 Å². The van der Waals surface area contributed by atoms with Crippen LogP contribution in [0.3, 0.4) is 0 Å². The Hall–Kier alpha value is -1.82. The third kappa shape index (κ3) is 7.37. The molecular formula is C21H29NO4S. The van der Waals surface area contributed by atoms with Crippen LogP contribution in [0.25, 0.3) is 0 Å². The number of carboxylic acids is 1. The third-order valence-electron chi connectivity index (χ3n) is 5.01. The highest BCUT2D eigenvalue weighted by molar-refractivity contribution is 8.13. The second-order valence-electron chi connectivity index (χ2n) is 7.18. The molecule has 0 saturated heterocycles. The van der Waals surface area contributed by atoms with Crippen LogP contribution >= 0.6 is 11.8 Å². The Morgan fingerprint density at radius 2 is 1.78 bits per heavy atom. The predicted molar refractivity (Wildman–Crippen MR) is 108 cm³/mol. The number of carbonyl (C=O) groups is 3. The molecule has 2 atom stereocenters. The van der Waals surface area contributed by atoms with Crippen LogP contribution in [0.5, 0.6) is 0 Å². The van der Waals surface area contributed by atoms with Crippen LogP contribution in [-0.2, 0) is 27.2 Å². The van der Waals surface area contributed by atoms with Gasteiger partial charge in [-0.05, 0) is 30.4 Å². The minimum absolute atomic E-state index is 0.0223. The second-order valence-corrected chi connectivity index (χ2v) is 8.38. The van der Waals surface area contributed by atoms with Crippen LogP contribution in [0.2, 0.25) is 0 Å². The number of thioether (sulfide) groups is 1. The molecule has 1 aliphatic heterocycles. The van der Waals surface area contributed by atoms with E-state index in [0.717, 1.165) is 55.9 Å². The Morgan fingerprint density at radius 1 is 1.11 bits per heavy atom. The van der Waals surface area contributed by atoms with E-state index in [0.29, 0.717) is 12.2 Å². The summed E-state index contributed by atoms with van der Waals surface area (Å²) in [6.07, 6.45) is 7.24. The maximum atomic E-state index is 12.7. The smallest absolute Gasteiger partial charge is 0.326 e. The number of aliphatic carboxylic acids is 1. The zero-order valence-corrected chi connectivity index (χ0v) is 16.7. The summed E-state index contributed by atoms with van der Waals surface area (Å²) in [6, 6.07) is 6.94. The summed E-state index contributed by atoms with van der Waals surface area (Å²) in [5.41, 5.74) is 2.15. The summed E-state index contributed by atoms with van der Waals surface area (Å²) in [7, 11) is 0. The number of benzene rings is 1. The molecule has 1 aromatic carbocycles. The lowest BCUT2D eigenvalue weighted by Crippen LogP contribution is -2.45. The summed E-state index contributed by atoms with van der Waals surface area (Å²) in [6.45, 7) is 1.49. The second kappa shape index (κ2) is 11.1. The van der Waals surface area contributed by atoms with Crippen molar-refractivity contribution in [2.45, 2.75) is 64.3 Å². The van der Waals surface area contributed by atoms with Crippen molar-refractivity contribution in [1.29, 1.82) is 0 Å². The average molecular weight is 392 g/mol. The molecule has 1 aromatic rings. The van der Waals surface area contributed by atoms with E-state index in [1.165, 1.54) is 12.5 Å². The highest BCUT2D eigenvalue weighted by Crippen LogP contribution is 2.21. The molecule has 27 heavy (non-hydrogen) atoms. The molecular weight excluding hydrogens is 362 g/mol.